The summed E-state index contributed by atoms with van der Waals surface area (Å²) in [5.74, 6) is 4.86. The highest BCUT2D eigenvalue weighted by Gasteiger charge is 2.41. The van der Waals surface area contributed by atoms with Crippen molar-refractivity contribution < 1.29 is 0 Å². The molecule has 2 aliphatic rings. The molecular weight excluding hydrogens is 235 g/mol. The van der Waals surface area contributed by atoms with E-state index in [1.165, 1.54) is 44.9 Å². The van der Waals surface area contributed by atoms with Gasteiger partial charge in [0.05, 0.1) is 0 Å². The summed E-state index contributed by atoms with van der Waals surface area (Å²) in [5.41, 5.74) is 0. The third-order valence-electron chi connectivity index (χ3n) is 6.26. The largest absolute Gasteiger partial charge is 0.131 e. The first-order chi connectivity index (χ1) is 8.41. The van der Waals surface area contributed by atoms with Crippen molar-refractivity contribution in [1.29, 1.82) is 0 Å². The summed E-state index contributed by atoms with van der Waals surface area (Å²) in [6, 6.07) is 0. The van der Waals surface area contributed by atoms with Gasteiger partial charge in [-0.05, 0) is 54.0 Å². The molecule has 18 heavy (non-hydrogen) atoms. The molecule has 6 atom stereocenters. The monoisotopic (exact) mass is 268 g/mol. The summed E-state index contributed by atoms with van der Waals surface area (Å²) in [4.78, 5) is 0. The van der Waals surface area contributed by atoms with E-state index in [-0.39, 0.29) is 0 Å². The van der Waals surface area contributed by atoms with Gasteiger partial charge in [0.1, 0.15) is 0 Å². The molecular formula is C17H33P. The summed E-state index contributed by atoms with van der Waals surface area (Å²) < 4.78 is 0. The Balaban J connectivity index is 2.07. The van der Waals surface area contributed by atoms with E-state index >= 15 is 0 Å². The molecule has 0 spiro atoms. The van der Waals surface area contributed by atoms with Crippen LogP contribution in [-0.2, 0) is 0 Å². The van der Waals surface area contributed by atoms with E-state index in [2.05, 4.69) is 36.9 Å². The molecule has 0 amide bonds. The van der Waals surface area contributed by atoms with Crippen LogP contribution in [0.25, 0.3) is 0 Å². The van der Waals surface area contributed by atoms with Crippen molar-refractivity contribution >= 4 is 9.24 Å². The minimum atomic E-state index is 0.399. The molecule has 0 bridgehead atoms. The van der Waals surface area contributed by atoms with Gasteiger partial charge in [0.2, 0.25) is 0 Å². The molecule has 6 unspecified atom stereocenters. The van der Waals surface area contributed by atoms with Gasteiger partial charge in [-0.1, -0.05) is 53.4 Å². The van der Waals surface area contributed by atoms with Crippen LogP contribution in [0.4, 0.5) is 0 Å². The Hall–Kier alpha value is 0.430. The van der Waals surface area contributed by atoms with Gasteiger partial charge in [-0.3, -0.25) is 0 Å². The van der Waals surface area contributed by atoms with Crippen LogP contribution in [0.3, 0.4) is 0 Å². The lowest BCUT2D eigenvalue weighted by Crippen LogP contribution is -2.40. The summed E-state index contributed by atoms with van der Waals surface area (Å²) in [5, 5.41) is 0.399. The Labute approximate surface area is 117 Å². The van der Waals surface area contributed by atoms with Crippen LogP contribution in [0.1, 0.15) is 72.6 Å². The molecule has 0 N–H and O–H groups in total. The molecule has 0 radical (unpaired) electrons. The second-order valence-electron chi connectivity index (χ2n) is 7.77. The third-order valence-corrected chi connectivity index (χ3v) is 6.78. The number of hydrogen-bond acceptors (Lipinski definition) is 0. The lowest BCUT2D eigenvalue weighted by atomic mass is 9.61. The number of rotatable bonds is 2. The van der Waals surface area contributed by atoms with Gasteiger partial charge < -0.3 is 0 Å². The molecule has 0 aromatic heterocycles. The van der Waals surface area contributed by atoms with E-state index < -0.39 is 0 Å². The molecule has 106 valence electrons. The Morgan fingerprint density at radius 2 is 1.67 bits per heavy atom. The SMILES string of the molecule is CC1C2CCCCCC2CCC1C(C)C(C)(C)P. The smallest absolute Gasteiger partial charge is 0.0178 e. The molecule has 2 saturated carbocycles. The predicted octanol–water partition coefficient (Wildman–Crippen LogP) is 5.52. The van der Waals surface area contributed by atoms with E-state index in [1.807, 2.05) is 0 Å². The Kier molecular flexibility index (Phi) is 4.80. The quantitative estimate of drug-likeness (QED) is 0.578. The predicted molar refractivity (Wildman–Crippen MR) is 84.9 cm³/mol. The normalized spacial score (nSPS) is 39.8. The van der Waals surface area contributed by atoms with Gasteiger partial charge in [0.25, 0.3) is 0 Å². The highest BCUT2D eigenvalue weighted by molar-refractivity contribution is 7.18. The van der Waals surface area contributed by atoms with Crippen LogP contribution in [0.15, 0.2) is 0 Å². The van der Waals surface area contributed by atoms with Crippen LogP contribution in [0.2, 0.25) is 0 Å². The zero-order valence-corrected chi connectivity index (χ0v) is 14.1. The molecule has 2 aliphatic carbocycles. The fourth-order valence-electron chi connectivity index (χ4n) is 4.71. The second kappa shape index (κ2) is 5.82. The standard InChI is InChI=1S/C17H33P/c1-12-15(13(2)17(3,4)18)11-10-14-8-6-5-7-9-16(12)14/h12-16H,5-11,18H2,1-4H3. The zero-order valence-electron chi connectivity index (χ0n) is 12.9. The van der Waals surface area contributed by atoms with E-state index in [0.717, 1.165) is 29.6 Å². The van der Waals surface area contributed by atoms with Crippen LogP contribution in [0.5, 0.6) is 0 Å². The maximum absolute atomic E-state index is 3.09. The Bertz CT molecular complexity index is 265. The second-order valence-corrected chi connectivity index (χ2v) is 9.26. The molecule has 0 aromatic rings. The highest BCUT2D eigenvalue weighted by Crippen LogP contribution is 2.50. The minimum absolute atomic E-state index is 0.399. The average Bonchev–Trinajstić information content (AvgIpc) is 2.53. The van der Waals surface area contributed by atoms with E-state index in [4.69, 9.17) is 0 Å². The van der Waals surface area contributed by atoms with Crippen molar-refractivity contribution in [2.45, 2.75) is 77.8 Å². The summed E-state index contributed by atoms with van der Waals surface area (Å²) in [6.45, 7) is 9.85. The molecule has 0 nitrogen and oxygen atoms in total. The summed E-state index contributed by atoms with van der Waals surface area (Å²) in [6.07, 6.45) is 10.5. The minimum Gasteiger partial charge on any atom is -0.131 e. The van der Waals surface area contributed by atoms with Gasteiger partial charge in [0, 0.05) is 0 Å². The van der Waals surface area contributed by atoms with Gasteiger partial charge in [-0.15, -0.1) is 9.24 Å². The first-order valence-electron chi connectivity index (χ1n) is 8.20. The lowest BCUT2D eigenvalue weighted by molar-refractivity contribution is 0.0549. The first-order valence-corrected chi connectivity index (χ1v) is 8.78. The molecule has 0 aromatic carbocycles. The summed E-state index contributed by atoms with van der Waals surface area (Å²) >= 11 is 0. The Morgan fingerprint density at radius 3 is 2.33 bits per heavy atom. The van der Waals surface area contributed by atoms with E-state index in [1.54, 1.807) is 0 Å². The van der Waals surface area contributed by atoms with Crippen molar-refractivity contribution in [3.63, 3.8) is 0 Å². The van der Waals surface area contributed by atoms with Crippen LogP contribution >= 0.6 is 9.24 Å². The first kappa shape index (κ1) is 14.8. The number of hydrogen-bond donors (Lipinski definition) is 0. The van der Waals surface area contributed by atoms with E-state index in [9.17, 15) is 0 Å². The van der Waals surface area contributed by atoms with Crippen molar-refractivity contribution in [3.05, 3.63) is 0 Å². The highest BCUT2D eigenvalue weighted by atomic mass is 31.0. The molecule has 1 heteroatoms. The fraction of sp³-hybridized carbons (Fsp3) is 1.00. The Morgan fingerprint density at radius 1 is 1.00 bits per heavy atom. The topological polar surface area (TPSA) is 0 Å². The molecule has 2 rings (SSSR count). The van der Waals surface area contributed by atoms with Gasteiger partial charge in [-0.25, -0.2) is 0 Å². The van der Waals surface area contributed by atoms with Crippen LogP contribution in [0, 0.1) is 29.6 Å². The molecule has 0 heterocycles. The maximum Gasteiger partial charge on any atom is -0.0178 e. The third kappa shape index (κ3) is 3.12. The van der Waals surface area contributed by atoms with Crippen LogP contribution in [-0.4, -0.2) is 5.16 Å². The van der Waals surface area contributed by atoms with Crippen molar-refractivity contribution in [2.24, 2.45) is 29.6 Å². The van der Waals surface area contributed by atoms with Crippen molar-refractivity contribution in [1.82, 2.24) is 0 Å². The molecule has 0 aliphatic heterocycles. The van der Waals surface area contributed by atoms with Gasteiger partial charge >= 0.3 is 0 Å². The van der Waals surface area contributed by atoms with Gasteiger partial charge in [-0.2, -0.15) is 0 Å². The van der Waals surface area contributed by atoms with Gasteiger partial charge in [0.15, 0.2) is 0 Å². The van der Waals surface area contributed by atoms with E-state index in [0.29, 0.717) is 5.16 Å². The molecule has 0 saturated heterocycles. The fourth-order valence-corrected chi connectivity index (χ4v) is 4.95. The van der Waals surface area contributed by atoms with Crippen molar-refractivity contribution in [3.8, 4) is 0 Å². The molecule has 2 fully saturated rings. The zero-order chi connectivity index (χ0) is 13.3. The van der Waals surface area contributed by atoms with Crippen molar-refractivity contribution in [2.75, 3.05) is 0 Å². The maximum atomic E-state index is 3.09. The summed E-state index contributed by atoms with van der Waals surface area (Å²) in [7, 11) is 3.09. The lowest BCUT2D eigenvalue weighted by Gasteiger charge is -2.47. The number of fused-ring (bicyclic) bond motifs is 1. The average molecular weight is 268 g/mol. The van der Waals surface area contributed by atoms with Crippen LogP contribution < -0.4 is 0 Å².